The Kier molecular flexibility index (Phi) is 7.07. The molecular formula is C28H25Cl2N3O4S. The number of aromatic nitrogens is 2. The van der Waals surface area contributed by atoms with Gasteiger partial charge in [0, 0.05) is 26.9 Å². The normalized spacial score (nSPS) is 14.3. The number of aryl methyl sites for hydroxylation is 1. The maximum Gasteiger partial charge on any atom is 0.237 e. The number of nitrogens with one attached hydrogen (secondary N) is 1. The molecule has 0 unspecified atom stereocenters. The molecule has 0 saturated heterocycles. The Morgan fingerprint density at radius 3 is 2.24 bits per heavy atom. The van der Waals surface area contributed by atoms with Gasteiger partial charge in [-0.25, -0.2) is 8.42 Å². The molecular weight excluding hydrogens is 545 g/mol. The maximum atomic E-state index is 12.7. The molecule has 1 heterocycles. The third-order valence-corrected chi connectivity index (χ3v) is 9.07. The maximum absolute atomic E-state index is 12.7. The average molecular weight is 570 g/mol. The van der Waals surface area contributed by atoms with E-state index in [1.165, 1.54) is 12.1 Å². The Bertz CT molecular complexity index is 1590. The van der Waals surface area contributed by atoms with E-state index >= 15 is 0 Å². The SMILES string of the molecule is CCS(=O)(=O)c1ccc(CC(=O)Nc2cc(Cl)c(C3(c4nc(-c5ccc(C)cc5)no4)CC3)c(Cl)c2)cc1. The van der Waals surface area contributed by atoms with Crippen LogP contribution in [0.3, 0.4) is 0 Å². The molecule has 38 heavy (non-hydrogen) atoms. The summed E-state index contributed by atoms with van der Waals surface area (Å²) in [6.45, 7) is 3.61. The van der Waals surface area contributed by atoms with Crippen LogP contribution in [0, 0.1) is 6.92 Å². The van der Waals surface area contributed by atoms with Gasteiger partial charge in [-0.1, -0.05) is 77.2 Å². The summed E-state index contributed by atoms with van der Waals surface area (Å²) in [5, 5.41) is 7.78. The molecule has 1 fully saturated rings. The van der Waals surface area contributed by atoms with Crippen LogP contribution in [0.5, 0.6) is 0 Å². The fourth-order valence-electron chi connectivity index (χ4n) is 4.41. The van der Waals surface area contributed by atoms with E-state index < -0.39 is 15.3 Å². The first-order valence-electron chi connectivity index (χ1n) is 12.1. The minimum Gasteiger partial charge on any atom is -0.338 e. The first-order chi connectivity index (χ1) is 18.1. The largest absolute Gasteiger partial charge is 0.338 e. The van der Waals surface area contributed by atoms with Crippen molar-refractivity contribution in [1.82, 2.24) is 10.1 Å². The molecule has 1 saturated carbocycles. The molecule has 5 rings (SSSR count). The van der Waals surface area contributed by atoms with Gasteiger partial charge in [0.25, 0.3) is 0 Å². The van der Waals surface area contributed by atoms with Crippen LogP contribution in [0.25, 0.3) is 11.4 Å². The Balaban J connectivity index is 1.32. The highest BCUT2D eigenvalue weighted by Crippen LogP contribution is 2.57. The Morgan fingerprint density at radius 1 is 1.03 bits per heavy atom. The van der Waals surface area contributed by atoms with Crippen LogP contribution in [0.1, 0.15) is 42.3 Å². The van der Waals surface area contributed by atoms with Crippen molar-refractivity contribution in [3.05, 3.63) is 93.3 Å². The van der Waals surface area contributed by atoms with Crippen molar-refractivity contribution in [3.8, 4) is 11.4 Å². The van der Waals surface area contributed by atoms with Gasteiger partial charge in [-0.2, -0.15) is 4.98 Å². The van der Waals surface area contributed by atoms with E-state index in [4.69, 9.17) is 27.7 Å². The van der Waals surface area contributed by atoms with Crippen molar-refractivity contribution in [3.63, 3.8) is 0 Å². The predicted octanol–water partition coefficient (Wildman–Crippen LogP) is 6.41. The van der Waals surface area contributed by atoms with E-state index in [2.05, 4.69) is 15.5 Å². The molecule has 196 valence electrons. The molecule has 1 aliphatic carbocycles. The van der Waals surface area contributed by atoms with Crippen LogP contribution >= 0.6 is 23.2 Å². The van der Waals surface area contributed by atoms with Crippen LogP contribution in [-0.4, -0.2) is 30.2 Å². The highest BCUT2D eigenvalue weighted by Gasteiger charge is 2.53. The number of anilines is 1. The first kappa shape index (κ1) is 26.4. The third-order valence-electron chi connectivity index (χ3n) is 6.73. The molecule has 0 aliphatic heterocycles. The van der Waals surface area contributed by atoms with Crippen LogP contribution in [0.4, 0.5) is 5.69 Å². The van der Waals surface area contributed by atoms with Gasteiger partial charge in [0.15, 0.2) is 9.84 Å². The summed E-state index contributed by atoms with van der Waals surface area (Å²) in [6, 6.07) is 17.5. The van der Waals surface area contributed by atoms with E-state index in [0.717, 1.165) is 24.0 Å². The summed E-state index contributed by atoms with van der Waals surface area (Å²) >= 11 is 13.4. The highest BCUT2D eigenvalue weighted by atomic mass is 35.5. The van der Waals surface area contributed by atoms with E-state index in [-0.39, 0.29) is 23.0 Å². The van der Waals surface area contributed by atoms with E-state index in [9.17, 15) is 13.2 Å². The standard InChI is InChI=1S/C28H25Cl2N3O4S/c1-3-38(35,36)21-10-6-18(7-11-21)14-24(34)31-20-15-22(29)25(23(30)16-20)28(12-13-28)27-32-26(33-37-27)19-8-4-17(2)5-9-19/h4-11,15-16H,3,12-14H2,1-2H3,(H,31,34). The van der Waals surface area contributed by atoms with Gasteiger partial charge in [-0.05, 0) is 49.6 Å². The van der Waals surface area contributed by atoms with Crippen molar-refractivity contribution in [1.29, 1.82) is 0 Å². The summed E-state index contributed by atoms with van der Waals surface area (Å²) in [7, 11) is -3.29. The number of hydrogen-bond donors (Lipinski definition) is 1. The Labute approximate surface area is 231 Å². The number of rotatable bonds is 8. The van der Waals surface area contributed by atoms with Crippen LogP contribution in [0.2, 0.25) is 10.0 Å². The number of carbonyl (C=O) groups excluding carboxylic acids is 1. The van der Waals surface area contributed by atoms with Gasteiger partial charge >= 0.3 is 0 Å². The van der Waals surface area contributed by atoms with Crippen molar-refractivity contribution in [2.24, 2.45) is 0 Å². The zero-order chi connectivity index (χ0) is 27.1. The Hall–Kier alpha value is -3.20. The molecule has 1 N–H and O–H groups in total. The van der Waals surface area contributed by atoms with Crippen molar-refractivity contribution in [2.45, 2.75) is 43.4 Å². The Morgan fingerprint density at radius 2 is 1.66 bits per heavy atom. The lowest BCUT2D eigenvalue weighted by Crippen LogP contribution is -2.16. The van der Waals surface area contributed by atoms with E-state index in [0.29, 0.717) is 38.6 Å². The number of halogens is 2. The number of benzene rings is 3. The van der Waals surface area contributed by atoms with Crippen molar-refractivity contribution >= 4 is 44.6 Å². The summed E-state index contributed by atoms with van der Waals surface area (Å²) in [5.74, 6) is 0.702. The van der Waals surface area contributed by atoms with Crippen LogP contribution < -0.4 is 5.32 Å². The molecule has 1 aliphatic rings. The quantitative estimate of drug-likeness (QED) is 0.263. The predicted molar refractivity (Wildman–Crippen MR) is 147 cm³/mol. The second kappa shape index (κ2) is 10.2. The van der Waals surface area contributed by atoms with Gasteiger partial charge in [0.1, 0.15) is 0 Å². The van der Waals surface area contributed by atoms with Gasteiger partial charge < -0.3 is 9.84 Å². The molecule has 0 atom stereocenters. The third kappa shape index (κ3) is 5.21. The molecule has 10 heteroatoms. The topological polar surface area (TPSA) is 102 Å². The molecule has 3 aromatic carbocycles. The van der Waals surface area contributed by atoms with Crippen LogP contribution in [-0.2, 0) is 26.5 Å². The molecule has 7 nitrogen and oxygen atoms in total. The van der Waals surface area contributed by atoms with E-state index in [1.54, 1.807) is 31.2 Å². The minimum atomic E-state index is -3.29. The molecule has 0 radical (unpaired) electrons. The molecule has 4 aromatic rings. The fraction of sp³-hybridized carbons (Fsp3) is 0.250. The van der Waals surface area contributed by atoms with Gasteiger partial charge in [0.05, 0.1) is 22.5 Å². The number of nitrogens with zero attached hydrogens (tertiary/aromatic N) is 2. The van der Waals surface area contributed by atoms with Crippen molar-refractivity contribution < 1.29 is 17.7 Å². The lowest BCUT2D eigenvalue weighted by Gasteiger charge is -2.17. The average Bonchev–Trinajstić information content (AvgIpc) is 3.51. The second-order valence-electron chi connectivity index (χ2n) is 9.46. The zero-order valence-corrected chi connectivity index (χ0v) is 23.1. The number of amides is 1. The minimum absolute atomic E-state index is 0.0199. The molecule has 0 spiro atoms. The lowest BCUT2D eigenvalue weighted by atomic mass is 9.95. The number of sulfone groups is 1. The fourth-order valence-corrected chi connectivity index (χ4v) is 6.14. The summed E-state index contributed by atoms with van der Waals surface area (Å²) in [4.78, 5) is 17.5. The molecule has 1 aromatic heterocycles. The smallest absolute Gasteiger partial charge is 0.237 e. The van der Waals surface area contributed by atoms with Gasteiger partial charge in [-0.3, -0.25) is 4.79 Å². The van der Waals surface area contributed by atoms with E-state index in [1.807, 2.05) is 31.2 Å². The second-order valence-corrected chi connectivity index (χ2v) is 12.6. The summed E-state index contributed by atoms with van der Waals surface area (Å²) in [5.41, 5.74) is 3.28. The first-order valence-corrected chi connectivity index (χ1v) is 14.5. The lowest BCUT2D eigenvalue weighted by molar-refractivity contribution is -0.115. The van der Waals surface area contributed by atoms with Gasteiger partial charge in [0.2, 0.25) is 17.6 Å². The van der Waals surface area contributed by atoms with Gasteiger partial charge in [-0.15, -0.1) is 0 Å². The summed E-state index contributed by atoms with van der Waals surface area (Å²) < 4.78 is 29.6. The van der Waals surface area contributed by atoms with Crippen molar-refractivity contribution in [2.75, 3.05) is 11.1 Å². The van der Waals surface area contributed by atoms with Crippen LogP contribution in [0.15, 0.2) is 70.1 Å². The molecule has 1 amide bonds. The number of carbonyl (C=O) groups is 1. The number of hydrogen-bond acceptors (Lipinski definition) is 6. The molecule has 0 bridgehead atoms. The summed E-state index contributed by atoms with van der Waals surface area (Å²) in [6.07, 6.45) is 1.59. The highest BCUT2D eigenvalue weighted by molar-refractivity contribution is 7.91. The zero-order valence-electron chi connectivity index (χ0n) is 20.8. The monoisotopic (exact) mass is 569 g/mol.